The maximum absolute atomic E-state index is 13.3. The minimum absolute atomic E-state index is 0. The van der Waals surface area contributed by atoms with Gasteiger partial charge in [0.2, 0.25) is 0 Å². The van der Waals surface area contributed by atoms with Crippen molar-refractivity contribution in [3.05, 3.63) is 49.1 Å². The molecule has 0 aliphatic heterocycles. The lowest BCUT2D eigenvalue weighted by Gasteiger charge is -2.72. The minimum Gasteiger partial charge on any atom is -0.325 e. The number of allylic oxidation sites excluding steroid dienone is 5. The molecule has 0 radical (unpaired) electrons. The van der Waals surface area contributed by atoms with E-state index in [1.54, 1.807) is 17.2 Å². The number of hydrogen-bond donors (Lipinski definition) is 1. The van der Waals surface area contributed by atoms with Gasteiger partial charge in [0.25, 0.3) is 0 Å². The topological polar surface area (TPSA) is 26.0 Å². The highest BCUT2D eigenvalue weighted by Crippen LogP contribution is 2.75. The molecule has 8 unspecified atom stereocenters. The number of rotatable bonds is 2. The summed E-state index contributed by atoms with van der Waals surface area (Å²) in [5, 5.41) is 0. The Morgan fingerprint density at radius 1 is 0.804 bits per heavy atom. The average molecular weight is 644 g/mol. The Bertz CT molecular complexity index is 992. The van der Waals surface area contributed by atoms with Gasteiger partial charge in [-0.3, -0.25) is 4.39 Å². The third-order valence-electron chi connectivity index (χ3n) is 14.1. The van der Waals surface area contributed by atoms with E-state index in [-0.39, 0.29) is 38.4 Å². The second kappa shape index (κ2) is 18.0. The van der Waals surface area contributed by atoms with Crippen LogP contribution in [0.2, 0.25) is 0 Å². The highest BCUT2D eigenvalue weighted by molar-refractivity contribution is 5.41. The summed E-state index contributed by atoms with van der Waals surface area (Å²) in [6.07, 6.45) is 23.3. The first-order valence-corrected chi connectivity index (χ1v) is 18.7. The van der Waals surface area contributed by atoms with Gasteiger partial charge in [-0.25, -0.2) is 0 Å². The van der Waals surface area contributed by atoms with Crippen molar-refractivity contribution in [2.45, 2.75) is 173 Å². The van der Waals surface area contributed by atoms with Crippen molar-refractivity contribution >= 4 is 0 Å². The zero-order chi connectivity index (χ0) is 33.6. The van der Waals surface area contributed by atoms with Gasteiger partial charge in [0.1, 0.15) is 0 Å². The lowest BCUT2D eigenvalue weighted by Crippen LogP contribution is -2.66. The molecule has 0 amide bonds. The Labute approximate surface area is 289 Å². The average Bonchev–Trinajstić information content (AvgIpc) is 3.42. The van der Waals surface area contributed by atoms with Crippen molar-refractivity contribution in [2.24, 2.45) is 57.0 Å². The van der Waals surface area contributed by atoms with Gasteiger partial charge >= 0.3 is 0 Å². The highest BCUT2D eigenvalue weighted by atomic mass is 19.1. The molecular weight excluding hydrogens is 561 g/mol. The molecule has 46 heavy (non-hydrogen) atoms. The van der Waals surface area contributed by atoms with Crippen LogP contribution in [0.15, 0.2) is 49.1 Å². The van der Waals surface area contributed by atoms with Gasteiger partial charge < -0.3 is 5.73 Å². The smallest absolute Gasteiger partial charge is 0.0925 e. The second-order valence-electron chi connectivity index (χ2n) is 15.9. The molecule has 1 nitrogen and oxygen atoms in total. The maximum Gasteiger partial charge on any atom is 0.0925 e. The summed E-state index contributed by atoms with van der Waals surface area (Å²) in [5.74, 6) is 3.42. The first-order valence-electron chi connectivity index (χ1n) is 18.7. The fraction of sp³-hybridized carbons (Fsp3) is 0.818. The molecule has 270 valence electrons. The van der Waals surface area contributed by atoms with Gasteiger partial charge in [0, 0.05) is 5.54 Å². The molecule has 0 aromatic heterocycles. The van der Waals surface area contributed by atoms with Crippen molar-refractivity contribution in [2.75, 3.05) is 6.67 Å². The third-order valence-corrected chi connectivity index (χ3v) is 14.1. The maximum atomic E-state index is 13.3. The van der Waals surface area contributed by atoms with Gasteiger partial charge in [0.05, 0.1) is 6.67 Å². The molecule has 2 N–H and O–H groups in total. The van der Waals surface area contributed by atoms with E-state index in [1.165, 1.54) is 64.2 Å². The number of halogens is 1. The quantitative estimate of drug-likeness (QED) is 0.298. The van der Waals surface area contributed by atoms with Crippen LogP contribution in [0.5, 0.6) is 0 Å². The molecule has 0 bridgehead atoms. The van der Waals surface area contributed by atoms with Gasteiger partial charge in [-0.2, -0.15) is 0 Å². The van der Waals surface area contributed by atoms with Crippen LogP contribution in [0.4, 0.5) is 4.39 Å². The zero-order valence-corrected chi connectivity index (χ0v) is 31.1. The fourth-order valence-corrected chi connectivity index (χ4v) is 12.0. The fourth-order valence-electron chi connectivity index (χ4n) is 12.0. The summed E-state index contributed by atoms with van der Waals surface area (Å²) >= 11 is 0. The number of hydrogen-bond acceptors (Lipinski definition) is 1. The van der Waals surface area contributed by atoms with Crippen LogP contribution >= 0.6 is 0 Å². The molecule has 6 aliphatic carbocycles. The van der Waals surface area contributed by atoms with E-state index in [0.29, 0.717) is 16.2 Å². The van der Waals surface area contributed by atoms with Crippen molar-refractivity contribution in [3.8, 4) is 0 Å². The summed E-state index contributed by atoms with van der Waals surface area (Å²) in [6.45, 7) is 32.4. The van der Waals surface area contributed by atoms with Crippen LogP contribution in [0.1, 0.15) is 168 Å². The summed E-state index contributed by atoms with van der Waals surface area (Å²) < 4.78 is 13.3. The predicted molar refractivity (Wildman–Crippen MR) is 208 cm³/mol. The van der Waals surface area contributed by atoms with Crippen LogP contribution in [-0.2, 0) is 0 Å². The van der Waals surface area contributed by atoms with Crippen LogP contribution in [0.3, 0.4) is 0 Å². The first-order chi connectivity index (χ1) is 20.9. The van der Waals surface area contributed by atoms with Gasteiger partial charge in [-0.15, -0.1) is 19.7 Å². The molecule has 6 rings (SSSR count). The molecule has 0 spiro atoms. The Morgan fingerprint density at radius 3 is 1.96 bits per heavy atom. The van der Waals surface area contributed by atoms with E-state index in [2.05, 4.69) is 66.5 Å². The lowest BCUT2D eigenvalue weighted by molar-refractivity contribution is -0.216. The molecule has 9 atom stereocenters. The summed E-state index contributed by atoms with van der Waals surface area (Å²) in [5.41, 5.74) is 11.9. The normalized spacial score (nSPS) is 40.9. The number of alkyl halides is 1. The van der Waals surface area contributed by atoms with E-state index >= 15 is 0 Å². The van der Waals surface area contributed by atoms with Crippen LogP contribution < -0.4 is 5.73 Å². The van der Waals surface area contributed by atoms with Crippen molar-refractivity contribution in [1.29, 1.82) is 0 Å². The first kappa shape index (κ1) is 44.9. The SMILES string of the molecule is C.C.C=C.C=CC.CC.CC.CC1(C)C(C2=CCC(CF)CC2)=CCC2(C)C1CCC1(C)C2CCC2C3CCCC3(N)CC[C@]21C. The molecule has 4 saturated carbocycles. The van der Waals surface area contributed by atoms with Crippen LogP contribution in [0, 0.1) is 51.2 Å². The molecule has 4 fully saturated rings. The summed E-state index contributed by atoms with van der Waals surface area (Å²) in [4.78, 5) is 0. The molecule has 2 heteroatoms. The van der Waals surface area contributed by atoms with E-state index in [0.717, 1.165) is 42.9 Å². The second-order valence-corrected chi connectivity index (χ2v) is 15.9. The number of nitrogens with two attached hydrogens (primary N) is 1. The molecule has 0 aromatic carbocycles. The lowest BCUT2D eigenvalue weighted by atomic mass is 9.33. The summed E-state index contributed by atoms with van der Waals surface area (Å²) in [6, 6.07) is 0. The molecule has 0 saturated heterocycles. The van der Waals surface area contributed by atoms with E-state index in [9.17, 15) is 4.39 Å². The molecule has 6 aliphatic rings. The third kappa shape index (κ3) is 7.38. The van der Waals surface area contributed by atoms with E-state index in [4.69, 9.17) is 5.73 Å². The molecule has 0 heterocycles. The van der Waals surface area contributed by atoms with Gasteiger partial charge in [-0.05, 0) is 146 Å². The van der Waals surface area contributed by atoms with Crippen LogP contribution in [-0.4, -0.2) is 12.2 Å². The Morgan fingerprint density at radius 2 is 1.41 bits per heavy atom. The van der Waals surface area contributed by atoms with Crippen molar-refractivity contribution in [1.82, 2.24) is 0 Å². The molecule has 0 aromatic rings. The van der Waals surface area contributed by atoms with Crippen molar-refractivity contribution in [3.63, 3.8) is 0 Å². The minimum atomic E-state index is -0.154. The van der Waals surface area contributed by atoms with E-state index in [1.807, 2.05) is 34.6 Å². The Kier molecular flexibility index (Phi) is 17.6. The predicted octanol–water partition coefficient (Wildman–Crippen LogP) is 14.1. The van der Waals surface area contributed by atoms with Gasteiger partial charge in [0.15, 0.2) is 0 Å². The zero-order valence-electron chi connectivity index (χ0n) is 31.1. The molecular formula is C44H82FN. The number of fused-ring (bicyclic) bond motifs is 7. The van der Waals surface area contributed by atoms with E-state index < -0.39 is 0 Å². The largest absolute Gasteiger partial charge is 0.325 e. The highest BCUT2D eigenvalue weighted by Gasteiger charge is 2.69. The van der Waals surface area contributed by atoms with Gasteiger partial charge in [-0.1, -0.05) is 102 Å². The summed E-state index contributed by atoms with van der Waals surface area (Å²) in [7, 11) is 0. The van der Waals surface area contributed by atoms with Crippen LogP contribution in [0.25, 0.3) is 0 Å². The monoisotopic (exact) mass is 644 g/mol. The Hall–Kier alpha value is -1.15. The Balaban J connectivity index is 0.00000169. The standard InChI is InChI=1S/C33H52FN.C3H6.2C2H6.C2H4.2CH4/c1-29(2)24(23-10-8-22(21-34)9-11-23)14-17-30(3)27(29)15-18-32(5)28(30)13-12-25-26-7-6-16-33(26,35)20-19-31(25,32)4;1-3-2;3*1-2;;/h10,14,22,25-28H,6-9,11-13,15-21,35H2,1-5H3;3H,1H2,2H3;2*1-2H3;1-2H2;2*1H4/t22?,25?,26?,27?,28?,30?,31-,32?,33?;;;;;;/m1....../s1. The van der Waals surface area contributed by atoms with Crippen molar-refractivity contribution < 1.29 is 4.39 Å².